The Morgan fingerprint density at radius 1 is 1.36 bits per heavy atom. The summed E-state index contributed by atoms with van der Waals surface area (Å²) < 4.78 is 1.10. The lowest BCUT2D eigenvalue weighted by atomic mass is 10.0. The molecule has 3 heteroatoms. The summed E-state index contributed by atoms with van der Waals surface area (Å²) in [6, 6.07) is 8.50. The van der Waals surface area contributed by atoms with Crippen molar-refractivity contribution in [2.45, 2.75) is 25.0 Å². The van der Waals surface area contributed by atoms with Gasteiger partial charge in [0.05, 0.1) is 6.10 Å². The van der Waals surface area contributed by atoms with E-state index in [2.05, 4.69) is 33.4 Å². The van der Waals surface area contributed by atoms with Gasteiger partial charge in [0, 0.05) is 10.5 Å². The Morgan fingerprint density at radius 2 is 2.07 bits per heavy atom. The minimum absolute atomic E-state index is 0.182. The van der Waals surface area contributed by atoms with Gasteiger partial charge in [-0.2, -0.15) is 0 Å². The van der Waals surface area contributed by atoms with E-state index in [1.54, 1.807) is 0 Å². The van der Waals surface area contributed by atoms with Crippen molar-refractivity contribution in [3.63, 3.8) is 0 Å². The highest BCUT2D eigenvalue weighted by molar-refractivity contribution is 9.10. The molecular formula is C11H14BrNO. The van der Waals surface area contributed by atoms with Gasteiger partial charge in [0.25, 0.3) is 0 Å². The number of hydrogen-bond donors (Lipinski definition) is 2. The second-order valence-corrected chi connectivity index (χ2v) is 4.66. The van der Waals surface area contributed by atoms with Gasteiger partial charge in [-0.05, 0) is 37.1 Å². The standard InChI is InChI=1S/C11H14BrNO/c12-9-3-1-8(2-4-9)7-10-11(14)5-6-13-10/h1-4,10-11,13-14H,5-7H2. The van der Waals surface area contributed by atoms with Crippen molar-refractivity contribution in [2.75, 3.05) is 6.54 Å². The molecule has 14 heavy (non-hydrogen) atoms. The largest absolute Gasteiger partial charge is 0.391 e. The van der Waals surface area contributed by atoms with Crippen molar-refractivity contribution >= 4 is 15.9 Å². The van der Waals surface area contributed by atoms with E-state index in [4.69, 9.17) is 0 Å². The van der Waals surface area contributed by atoms with Crippen LogP contribution in [0.1, 0.15) is 12.0 Å². The number of benzene rings is 1. The molecular weight excluding hydrogens is 242 g/mol. The molecule has 2 unspecified atom stereocenters. The Kier molecular flexibility index (Phi) is 3.21. The summed E-state index contributed by atoms with van der Waals surface area (Å²) in [6.07, 6.45) is 1.61. The highest BCUT2D eigenvalue weighted by Gasteiger charge is 2.24. The van der Waals surface area contributed by atoms with Gasteiger partial charge in [-0.3, -0.25) is 0 Å². The number of rotatable bonds is 2. The predicted molar refractivity (Wildman–Crippen MR) is 60.3 cm³/mol. The van der Waals surface area contributed by atoms with E-state index >= 15 is 0 Å². The zero-order chi connectivity index (χ0) is 9.97. The molecule has 0 saturated carbocycles. The molecule has 76 valence electrons. The number of aliphatic hydroxyl groups is 1. The van der Waals surface area contributed by atoms with Gasteiger partial charge in [-0.15, -0.1) is 0 Å². The van der Waals surface area contributed by atoms with Crippen molar-refractivity contribution < 1.29 is 5.11 Å². The third-order valence-electron chi connectivity index (χ3n) is 2.68. The Morgan fingerprint density at radius 3 is 2.64 bits per heavy atom. The van der Waals surface area contributed by atoms with Crippen molar-refractivity contribution in [2.24, 2.45) is 0 Å². The topological polar surface area (TPSA) is 32.3 Å². The summed E-state index contributed by atoms with van der Waals surface area (Å²) in [5, 5.41) is 12.9. The molecule has 2 nitrogen and oxygen atoms in total. The second kappa shape index (κ2) is 4.43. The maximum Gasteiger partial charge on any atom is 0.0708 e. The maximum absolute atomic E-state index is 9.63. The van der Waals surface area contributed by atoms with Crippen molar-refractivity contribution in [3.05, 3.63) is 34.3 Å². The summed E-state index contributed by atoms with van der Waals surface area (Å²) in [5.74, 6) is 0. The Hall–Kier alpha value is -0.380. The molecule has 0 spiro atoms. The van der Waals surface area contributed by atoms with E-state index < -0.39 is 0 Å². The highest BCUT2D eigenvalue weighted by atomic mass is 79.9. The van der Waals surface area contributed by atoms with Gasteiger partial charge >= 0.3 is 0 Å². The highest BCUT2D eigenvalue weighted by Crippen LogP contribution is 2.15. The van der Waals surface area contributed by atoms with Crippen LogP contribution >= 0.6 is 15.9 Å². The molecule has 0 bridgehead atoms. The van der Waals surface area contributed by atoms with Gasteiger partial charge in [0.2, 0.25) is 0 Å². The third kappa shape index (κ3) is 2.35. The number of hydrogen-bond acceptors (Lipinski definition) is 2. The van der Waals surface area contributed by atoms with Crippen molar-refractivity contribution in [1.82, 2.24) is 5.32 Å². The molecule has 1 aliphatic rings. The second-order valence-electron chi connectivity index (χ2n) is 3.75. The smallest absolute Gasteiger partial charge is 0.0708 e. The lowest BCUT2D eigenvalue weighted by molar-refractivity contribution is 0.159. The van der Waals surface area contributed by atoms with Gasteiger partial charge in [-0.25, -0.2) is 0 Å². The molecule has 2 N–H and O–H groups in total. The minimum Gasteiger partial charge on any atom is -0.391 e. The third-order valence-corrected chi connectivity index (χ3v) is 3.21. The molecule has 1 fully saturated rings. The summed E-state index contributed by atoms with van der Waals surface area (Å²) in [7, 11) is 0. The molecule has 0 radical (unpaired) electrons. The van der Waals surface area contributed by atoms with Crippen LogP contribution in [0, 0.1) is 0 Å². The van der Waals surface area contributed by atoms with Crippen LogP contribution in [-0.4, -0.2) is 23.8 Å². The molecule has 0 aliphatic carbocycles. The lowest BCUT2D eigenvalue weighted by Crippen LogP contribution is -2.32. The average Bonchev–Trinajstić information content (AvgIpc) is 2.56. The van der Waals surface area contributed by atoms with Gasteiger partial charge in [0.1, 0.15) is 0 Å². The molecule has 1 aromatic rings. The predicted octanol–water partition coefficient (Wildman–Crippen LogP) is 1.71. The van der Waals surface area contributed by atoms with Crippen molar-refractivity contribution in [3.8, 4) is 0 Å². The van der Waals surface area contributed by atoms with E-state index in [9.17, 15) is 5.11 Å². The molecule has 2 rings (SSSR count). The Labute approximate surface area is 92.5 Å². The average molecular weight is 256 g/mol. The zero-order valence-corrected chi connectivity index (χ0v) is 9.50. The van der Waals surface area contributed by atoms with Crippen LogP contribution in [-0.2, 0) is 6.42 Å². The van der Waals surface area contributed by atoms with Crippen LogP contribution in [0.15, 0.2) is 28.7 Å². The summed E-state index contributed by atoms with van der Waals surface area (Å²) in [5.41, 5.74) is 1.27. The first-order valence-corrected chi connectivity index (χ1v) is 5.71. The Bertz CT molecular complexity index is 299. The fourth-order valence-electron chi connectivity index (χ4n) is 1.84. The minimum atomic E-state index is -0.182. The van der Waals surface area contributed by atoms with E-state index in [0.717, 1.165) is 23.9 Å². The first-order chi connectivity index (χ1) is 6.75. The van der Waals surface area contributed by atoms with Crippen LogP contribution in [0.5, 0.6) is 0 Å². The molecule has 0 aromatic heterocycles. The molecule has 1 heterocycles. The summed E-state index contributed by atoms with van der Waals surface area (Å²) >= 11 is 3.40. The molecule has 0 amide bonds. The van der Waals surface area contributed by atoms with E-state index in [-0.39, 0.29) is 12.1 Å². The van der Waals surface area contributed by atoms with Crippen LogP contribution in [0.4, 0.5) is 0 Å². The maximum atomic E-state index is 9.63. The van der Waals surface area contributed by atoms with E-state index in [1.807, 2.05) is 12.1 Å². The van der Waals surface area contributed by atoms with Gasteiger partial charge in [0.15, 0.2) is 0 Å². The van der Waals surface area contributed by atoms with Crippen LogP contribution in [0.3, 0.4) is 0 Å². The van der Waals surface area contributed by atoms with E-state index in [1.165, 1.54) is 5.56 Å². The monoisotopic (exact) mass is 255 g/mol. The molecule has 2 atom stereocenters. The summed E-state index contributed by atoms with van der Waals surface area (Å²) in [6.45, 7) is 0.933. The van der Waals surface area contributed by atoms with Crippen LogP contribution in [0.2, 0.25) is 0 Å². The number of aliphatic hydroxyl groups excluding tert-OH is 1. The molecule has 1 saturated heterocycles. The van der Waals surface area contributed by atoms with Gasteiger partial charge in [-0.1, -0.05) is 28.1 Å². The Balaban J connectivity index is 2.00. The first kappa shape index (κ1) is 10.1. The summed E-state index contributed by atoms with van der Waals surface area (Å²) in [4.78, 5) is 0. The molecule has 1 aromatic carbocycles. The fraction of sp³-hybridized carbons (Fsp3) is 0.455. The van der Waals surface area contributed by atoms with Crippen LogP contribution < -0.4 is 5.32 Å². The van der Waals surface area contributed by atoms with Gasteiger partial charge < -0.3 is 10.4 Å². The lowest BCUT2D eigenvalue weighted by Gasteiger charge is -2.14. The number of halogens is 1. The molecule has 1 aliphatic heterocycles. The zero-order valence-electron chi connectivity index (χ0n) is 7.91. The normalized spacial score (nSPS) is 26.7. The van der Waals surface area contributed by atoms with E-state index in [0.29, 0.717) is 0 Å². The SMILES string of the molecule is OC1CCNC1Cc1ccc(Br)cc1. The quantitative estimate of drug-likeness (QED) is 0.844. The van der Waals surface area contributed by atoms with Crippen molar-refractivity contribution in [1.29, 1.82) is 0 Å². The fourth-order valence-corrected chi connectivity index (χ4v) is 2.10. The first-order valence-electron chi connectivity index (χ1n) is 4.91. The van der Waals surface area contributed by atoms with Crippen LogP contribution in [0.25, 0.3) is 0 Å². The number of nitrogens with one attached hydrogen (secondary N) is 1.